The van der Waals surface area contributed by atoms with E-state index in [4.69, 9.17) is 4.74 Å². The molecule has 0 bridgehead atoms. The van der Waals surface area contributed by atoms with Crippen molar-refractivity contribution in [1.29, 1.82) is 0 Å². The lowest BCUT2D eigenvalue weighted by Gasteiger charge is -2.22. The van der Waals surface area contributed by atoms with Crippen molar-refractivity contribution in [3.63, 3.8) is 0 Å². The summed E-state index contributed by atoms with van der Waals surface area (Å²) in [6.07, 6.45) is 5.57. The van der Waals surface area contributed by atoms with Crippen LogP contribution in [0.25, 0.3) is 16.9 Å². The first-order valence-corrected chi connectivity index (χ1v) is 7.44. The molecule has 3 rings (SSSR count). The highest BCUT2D eigenvalue weighted by molar-refractivity contribution is 5.69. The largest absolute Gasteiger partial charge is 0.488 e. The van der Waals surface area contributed by atoms with Crippen LogP contribution in [0.1, 0.15) is 32.0 Å². The summed E-state index contributed by atoms with van der Waals surface area (Å²) < 4.78 is 8.02. The van der Waals surface area contributed by atoms with E-state index in [9.17, 15) is 0 Å². The van der Waals surface area contributed by atoms with Crippen LogP contribution in [0.4, 0.5) is 0 Å². The Balaban J connectivity index is 2.12. The highest BCUT2D eigenvalue weighted by atomic mass is 16.5. The van der Waals surface area contributed by atoms with Crippen molar-refractivity contribution in [2.24, 2.45) is 0 Å². The maximum absolute atomic E-state index is 5.94. The molecule has 1 aromatic carbocycles. The van der Waals surface area contributed by atoms with Crippen molar-refractivity contribution in [3.8, 4) is 17.0 Å². The van der Waals surface area contributed by atoms with E-state index in [-0.39, 0.29) is 5.60 Å². The number of hydrogen-bond donors (Lipinski definition) is 0. The lowest BCUT2D eigenvalue weighted by atomic mass is 10.0. The first-order chi connectivity index (χ1) is 10.3. The van der Waals surface area contributed by atoms with Crippen LogP contribution < -0.4 is 4.74 Å². The summed E-state index contributed by atoms with van der Waals surface area (Å²) in [4.78, 5) is 8.78. The van der Waals surface area contributed by atoms with E-state index in [0.717, 1.165) is 33.9 Å². The van der Waals surface area contributed by atoms with Gasteiger partial charge in [-0.25, -0.2) is 4.98 Å². The fourth-order valence-electron chi connectivity index (χ4n) is 2.63. The van der Waals surface area contributed by atoms with Gasteiger partial charge in [0.1, 0.15) is 11.4 Å². The van der Waals surface area contributed by atoms with Gasteiger partial charge in [-0.15, -0.1) is 0 Å². The zero-order chi connectivity index (χ0) is 15.9. The van der Waals surface area contributed by atoms with Gasteiger partial charge in [-0.3, -0.25) is 9.38 Å². The maximum atomic E-state index is 5.94. The Labute approximate surface area is 130 Å². The van der Waals surface area contributed by atoms with Crippen LogP contribution in [0.2, 0.25) is 0 Å². The van der Waals surface area contributed by atoms with Crippen molar-refractivity contribution < 1.29 is 4.74 Å². The Morgan fingerprint density at radius 3 is 2.55 bits per heavy atom. The number of hydrogen-bond acceptors (Lipinski definition) is 3. The molecule has 0 aliphatic carbocycles. The van der Waals surface area contributed by atoms with Crippen molar-refractivity contribution >= 4 is 5.65 Å². The molecule has 0 unspecified atom stereocenters. The molecule has 0 fully saturated rings. The molecule has 22 heavy (non-hydrogen) atoms. The molecule has 2 heterocycles. The third kappa shape index (κ3) is 2.69. The first-order valence-electron chi connectivity index (χ1n) is 7.44. The molecular formula is C18H21N3O. The molecule has 4 heteroatoms. The van der Waals surface area contributed by atoms with Gasteiger partial charge >= 0.3 is 0 Å². The second-order valence-corrected chi connectivity index (χ2v) is 6.54. The third-order valence-electron chi connectivity index (χ3n) is 3.50. The fraction of sp³-hybridized carbons (Fsp3) is 0.333. The summed E-state index contributed by atoms with van der Waals surface area (Å²) in [5.41, 5.74) is 5.03. The molecule has 2 aromatic heterocycles. The normalized spacial score (nSPS) is 11.9. The summed E-state index contributed by atoms with van der Waals surface area (Å²) in [6, 6.07) is 6.19. The van der Waals surface area contributed by atoms with Crippen LogP contribution in [0.15, 0.2) is 36.8 Å². The number of fused-ring (bicyclic) bond motifs is 1. The van der Waals surface area contributed by atoms with E-state index in [2.05, 4.69) is 54.2 Å². The Morgan fingerprint density at radius 1 is 1.09 bits per heavy atom. The second kappa shape index (κ2) is 5.13. The van der Waals surface area contributed by atoms with Crippen LogP contribution in [-0.4, -0.2) is 20.0 Å². The standard InChI is InChI=1S/C18H21N3O/c1-12-10-14(22-18(3,4)5)6-7-15(12)17-13(2)20-11-16-19-8-9-21(16)17/h6-11H,1-5H3. The van der Waals surface area contributed by atoms with E-state index < -0.39 is 0 Å². The van der Waals surface area contributed by atoms with Crippen LogP contribution in [-0.2, 0) is 0 Å². The molecule has 0 aliphatic rings. The Morgan fingerprint density at radius 2 is 1.86 bits per heavy atom. The predicted molar refractivity (Wildman–Crippen MR) is 88.3 cm³/mol. The molecule has 0 aliphatic heterocycles. The molecule has 0 amide bonds. The Hall–Kier alpha value is -2.36. The van der Waals surface area contributed by atoms with Crippen molar-refractivity contribution in [1.82, 2.24) is 14.4 Å². The van der Waals surface area contributed by atoms with E-state index in [1.54, 1.807) is 12.4 Å². The molecule has 114 valence electrons. The summed E-state index contributed by atoms with van der Waals surface area (Å²) >= 11 is 0. The molecule has 3 aromatic rings. The van der Waals surface area contributed by atoms with Gasteiger partial charge in [0.2, 0.25) is 0 Å². The Bertz CT molecular complexity index is 828. The lowest BCUT2D eigenvalue weighted by Crippen LogP contribution is -2.22. The smallest absolute Gasteiger partial charge is 0.155 e. The van der Waals surface area contributed by atoms with E-state index in [1.807, 2.05) is 19.2 Å². The number of aryl methyl sites for hydroxylation is 2. The summed E-state index contributed by atoms with van der Waals surface area (Å²) in [7, 11) is 0. The van der Waals surface area contributed by atoms with Crippen molar-refractivity contribution in [2.45, 2.75) is 40.2 Å². The zero-order valence-corrected chi connectivity index (χ0v) is 13.7. The van der Waals surface area contributed by atoms with Gasteiger partial charge in [0.15, 0.2) is 5.65 Å². The molecule has 0 saturated heterocycles. The lowest BCUT2D eigenvalue weighted by molar-refractivity contribution is 0.131. The van der Waals surface area contributed by atoms with Gasteiger partial charge < -0.3 is 4.74 Å². The summed E-state index contributed by atoms with van der Waals surface area (Å²) in [5.74, 6) is 0.886. The number of ether oxygens (including phenoxy) is 1. The van der Waals surface area contributed by atoms with Gasteiger partial charge in [-0.1, -0.05) is 0 Å². The number of imidazole rings is 1. The fourth-order valence-corrected chi connectivity index (χ4v) is 2.63. The van der Waals surface area contributed by atoms with Gasteiger partial charge in [0.25, 0.3) is 0 Å². The van der Waals surface area contributed by atoms with E-state index in [1.165, 1.54) is 0 Å². The minimum atomic E-state index is -0.199. The summed E-state index contributed by atoms with van der Waals surface area (Å²) in [6.45, 7) is 10.3. The van der Waals surface area contributed by atoms with Crippen LogP contribution in [0, 0.1) is 13.8 Å². The average Bonchev–Trinajstić information content (AvgIpc) is 2.86. The molecule has 0 radical (unpaired) electrons. The SMILES string of the molecule is Cc1cc(OC(C)(C)C)ccc1-c1c(C)ncc2nccn12. The van der Waals surface area contributed by atoms with E-state index >= 15 is 0 Å². The number of nitrogens with zero attached hydrogens (tertiary/aromatic N) is 3. The quantitative estimate of drug-likeness (QED) is 0.711. The van der Waals surface area contributed by atoms with Crippen molar-refractivity contribution in [2.75, 3.05) is 0 Å². The maximum Gasteiger partial charge on any atom is 0.155 e. The van der Waals surface area contributed by atoms with Gasteiger partial charge in [0.05, 0.1) is 17.6 Å². The molecule has 0 N–H and O–H groups in total. The molecule has 0 spiro atoms. The molecule has 4 nitrogen and oxygen atoms in total. The number of aromatic nitrogens is 3. The predicted octanol–water partition coefficient (Wildman–Crippen LogP) is 4.19. The zero-order valence-electron chi connectivity index (χ0n) is 13.7. The third-order valence-corrected chi connectivity index (χ3v) is 3.50. The van der Waals surface area contributed by atoms with Gasteiger partial charge in [-0.05, 0) is 58.4 Å². The molecule has 0 atom stereocenters. The minimum Gasteiger partial charge on any atom is -0.488 e. The number of benzene rings is 1. The van der Waals surface area contributed by atoms with Crippen LogP contribution in [0.5, 0.6) is 5.75 Å². The van der Waals surface area contributed by atoms with Gasteiger partial charge in [-0.2, -0.15) is 0 Å². The van der Waals surface area contributed by atoms with Crippen LogP contribution in [0.3, 0.4) is 0 Å². The topological polar surface area (TPSA) is 39.4 Å². The monoisotopic (exact) mass is 295 g/mol. The number of rotatable bonds is 2. The molecular weight excluding hydrogens is 274 g/mol. The van der Waals surface area contributed by atoms with Crippen molar-refractivity contribution in [3.05, 3.63) is 48.0 Å². The first kappa shape index (κ1) is 14.6. The van der Waals surface area contributed by atoms with Crippen LogP contribution >= 0.6 is 0 Å². The van der Waals surface area contributed by atoms with Gasteiger partial charge in [0, 0.05) is 18.0 Å². The van der Waals surface area contributed by atoms with E-state index in [0.29, 0.717) is 0 Å². The minimum absolute atomic E-state index is 0.199. The highest BCUT2D eigenvalue weighted by Gasteiger charge is 2.15. The Kier molecular flexibility index (Phi) is 3.39. The highest BCUT2D eigenvalue weighted by Crippen LogP contribution is 2.30. The second-order valence-electron chi connectivity index (χ2n) is 6.54. The molecule has 0 saturated carbocycles. The average molecular weight is 295 g/mol. The summed E-state index contributed by atoms with van der Waals surface area (Å²) in [5, 5.41) is 0.